The van der Waals surface area contributed by atoms with E-state index in [1.54, 1.807) is 0 Å². The molecule has 0 heterocycles. The molecule has 14 heavy (non-hydrogen) atoms. The standard InChI is InChI=1S/C8H15F3N2O/c1-5(2)13(4-8(9,10)11)7(14)6(3)12/h5-6H,4,12H2,1-3H3/t6-/m0/s1. The summed E-state index contributed by atoms with van der Waals surface area (Å²) >= 11 is 0. The highest BCUT2D eigenvalue weighted by Crippen LogP contribution is 2.18. The van der Waals surface area contributed by atoms with Gasteiger partial charge in [0.25, 0.3) is 0 Å². The van der Waals surface area contributed by atoms with Gasteiger partial charge in [-0.1, -0.05) is 0 Å². The molecule has 0 saturated carbocycles. The van der Waals surface area contributed by atoms with Crippen LogP contribution in [0.15, 0.2) is 0 Å². The van der Waals surface area contributed by atoms with E-state index in [4.69, 9.17) is 5.73 Å². The lowest BCUT2D eigenvalue weighted by Gasteiger charge is -2.29. The molecule has 0 unspecified atom stereocenters. The quantitative estimate of drug-likeness (QED) is 0.762. The maximum atomic E-state index is 12.1. The van der Waals surface area contributed by atoms with E-state index < -0.39 is 30.7 Å². The largest absolute Gasteiger partial charge is 0.406 e. The number of halogens is 3. The van der Waals surface area contributed by atoms with Crippen LogP contribution in [0, 0.1) is 0 Å². The number of hydrogen-bond acceptors (Lipinski definition) is 2. The molecule has 0 saturated heterocycles. The Morgan fingerprint density at radius 1 is 1.36 bits per heavy atom. The number of hydrogen-bond donors (Lipinski definition) is 1. The van der Waals surface area contributed by atoms with Gasteiger partial charge in [-0.25, -0.2) is 0 Å². The van der Waals surface area contributed by atoms with Gasteiger partial charge < -0.3 is 10.6 Å². The molecular weight excluding hydrogens is 197 g/mol. The van der Waals surface area contributed by atoms with E-state index in [-0.39, 0.29) is 0 Å². The Balaban J connectivity index is 4.54. The lowest BCUT2D eigenvalue weighted by Crippen LogP contribution is -2.49. The summed E-state index contributed by atoms with van der Waals surface area (Å²) in [7, 11) is 0. The number of rotatable bonds is 3. The normalized spacial score (nSPS) is 14.3. The molecule has 0 radical (unpaired) electrons. The smallest absolute Gasteiger partial charge is 0.330 e. The van der Waals surface area contributed by atoms with Crippen LogP contribution in [0.4, 0.5) is 13.2 Å². The average molecular weight is 212 g/mol. The van der Waals surface area contributed by atoms with Crippen LogP contribution in [-0.2, 0) is 4.79 Å². The van der Waals surface area contributed by atoms with Crippen molar-refractivity contribution in [3.05, 3.63) is 0 Å². The van der Waals surface area contributed by atoms with Crippen molar-refractivity contribution >= 4 is 5.91 Å². The monoisotopic (exact) mass is 212 g/mol. The second-order valence-corrected chi connectivity index (χ2v) is 3.46. The third kappa shape index (κ3) is 4.45. The van der Waals surface area contributed by atoms with Crippen LogP contribution in [0.1, 0.15) is 20.8 Å². The first kappa shape index (κ1) is 13.2. The maximum absolute atomic E-state index is 12.1. The SMILES string of the molecule is CC(C)N(CC(F)(F)F)C(=O)[C@H](C)N. The molecule has 3 nitrogen and oxygen atoms in total. The predicted molar refractivity (Wildman–Crippen MR) is 46.6 cm³/mol. The van der Waals surface area contributed by atoms with Crippen molar-refractivity contribution in [1.29, 1.82) is 0 Å². The highest BCUT2D eigenvalue weighted by atomic mass is 19.4. The molecule has 0 aromatic carbocycles. The third-order valence-electron chi connectivity index (χ3n) is 1.65. The number of nitrogens with zero attached hydrogens (tertiary/aromatic N) is 1. The Morgan fingerprint density at radius 2 is 1.79 bits per heavy atom. The van der Waals surface area contributed by atoms with Gasteiger partial charge in [-0.2, -0.15) is 13.2 Å². The summed E-state index contributed by atoms with van der Waals surface area (Å²) in [5.41, 5.74) is 5.23. The van der Waals surface area contributed by atoms with Gasteiger partial charge in [0.05, 0.1) is 6.04 Å². The molecule has 0 aliphatic rings. The zero-order valence-corrected chi connectivity index (χ0v) is 8.43. The van der Waals surface area contributed by atoms with Crippen molar-refractivity contribution in [1.82, 2.24) is 4.90 Å². The highest BCUT2D eigenvalue weighted by molar-refractivity contribution is 5.81. The molecule has 0 fully saturated rings. The fourth-order valence-corrected chi connectivity index (χ4v) is 0.970. The molecule has 0 spiro atoms. The zero-order chi connectivity index (χ0) is 11.5. The lowest BCUT2D eigenvalue weighted by molar-refractivity contribution is -0.165. The first-order valence-corrected chi connectivity index (χ1v) is 4.28. The maximum Gasteiger partial charge on any atom is 0.406 e. The first-order chi connectivity index (χ1) is 6.15. The topological polar surface area (TPSA) is 46.3 Å². The van der Waals surface area contributed by atoms with Gasteiger partial charge in [-0.3, -0.25) is 4.79 Å². The van der Waals surface area contributed by atoms with Crippen molar-refractivity contribution in [3.8, 4) is 0 Å². The lowest BCUT2D eigenvalue weighted by atomic mass is 10.2. The van der Waals surface area contributed by atoms with Gasteiger partial charge in [0.2, 0.25) is 5.91 Å². The predicted octanol–water partition coefficient (Wildman–Crippen LogP) is 1.13. The molecule has 6 heteroatoms. The molecule has 1 amide bonds. The van der Waals surface area contributed by atoms with Crippen LogP contribution in [-0.4, -0.2) is 35.6 Å². The molecule has 0 aromatic heterocycles. The molecule has 0 aliphatic carbocycles. The minimum Gasteiger partial charge on any atom is -0.330 e. The molecule has 1 atom stereocenters. The number of alkyl halides is 3. The van der Waals surface area contributed by atoms with E-state index in [0.717, 1.165) is 4.90 Å². The van der Waals surface area contributed by atoms with E-state index >= 15 is 0 Å². The Bertz CT molecular complexity index is 201. The second-order valence-electron chi connectivity index (χ2n) is 3.46. The van der Waals surface area contributed by atoms with Crippen LogP contribution < -0.4 is 5.73 Å². The Labute approximate surface area is 81.1 Å². The van der Waals surface area contributed by atoms with Crippen LogP contribution in [0.25, 0.3) is 0 Å². The molecule has 0 rings (SSSR count). The number of amides is 1. The molecule has 0 aliphatic heterocycles. The fourth-order valence-electron chi connectivity index (χ4n) is 0.970. The van der Waals surface area contributed by atoms with Crippen LogP contribution in [0.5, 0.6) is 0 Å². The van der Waals surface area contributed by atoms with Gasteiger partial charge in [0.15, 0.2) is 0 Å². The summed E-state index contributed by atoms with van der Waals surface area (Å²) in [5.74, 6) is -0.683. The molecule has 0 bridgehead atoms. The van der Waals surface area contributed by atoms with Gasteiger partial charge in [-0.15, -0.1) is 0 Å². The first-order valence-electron chi connectivity index (χ1n) is 4.28. The van der Waals surface area contributed by atoms with E-state index in [1.165, 1.54) is 20.8 Å². The second kappa shape index (κ2) is 4.63. The van der Waals surface area contributed by atoms with Gasteiger partial charge in [0, 0.05) is 6.04 Å². The Morgan fingerprint density at radius 3 is 2.00 bits per heavy atom. The minimum absolute atomic E-state index is 0.505. The third-order valence-corrected chi connectivity index (χ3v) is 1.65. The van der Waals surface area contributed by atoms with Gasteiger partial charge in [0.1, 0.15) is 6.54 Å². The van der Waals surface area contributed by atoms with Crippen LogP contribution in [0.3, 0.4) is 0 Å². The number of carbonyl (C=O) groups is 1. The summed E-state index contributed by atoms with van der Waals surface area (Å²) in [4.78, 5) is 12.0. The van der Waals surface area contributed by atoms with E-state index in [2.05, 4.69) is 0 Å². The number of carbonyl (C=O) groups excluding carboxylic acids is 1. The van der Waals surface area contributed by atoms with Crippen LogP contribution >= 0.6 is 0 Å². The highest BCUT2D eigenvalue weighted by Gasteiger charge is 2.34. The van der Waals surface area contributed by atoms with E-state index in [0.29, 0.717) is 0 Å². The van der Waals surface area contributed by atoms with Crippen LogP contribution in [0.2, 0.25) is 0 Å². The minimum atomic E-state index is -4.38. The molecule has 2 N–H and O–H groups in total. The van der Waals surface area contributed by atoms with Crippen molar-refractivity contribution in [3.63, 3.8) is 0 Å². The zero-order valence-electron chi connectivity index (χ0n) is 8.43. The van der Waals surface area contributed by atoms with E-state index in [1.807, 2.05) is 0 Å². The molecule has 84 valence electrons. The summed E-state index contributed by atoms with van der Waals surface area (Å²) in [6.45, 7) is 3.16. The summed E-state index contributed by atoms with van der Waals surface area (Å²) in [5, 5.41) is 0. The fraction of sp³-hybridized carbons (Fsp3) is 0.875. The van der Waals surface area contributed by atoms with Crippen molar-refractivity contribution in [2.45, 2.75) is 39.0 Å². The van der Waals surface area contributed by atoms with Crippen molar-refractivity contribution in [2.75, 3.05) is 6.54 Å². The summed E-state index contributed by atoms with van der Waals surface area (Å²) in [6, 6.07) is -1.41. The number of nitrogens with two attached hydrogens (primary N) is 1. The summed E-state index contributed by atoms with van der Waals surface area (Å²) in [6.07, 6.45) is -4.38. The van der Waals surface area contributed by atoms with Crippen molar-refractivity contribution in [2.24, 2.45) is 5.73 Å². The van der Waals surface area contributed by atoms with E-state index in [9.17, 15) is 18.0 Å². The van der Waals surface area contributed by atoms with Gasteiger partial charge >= 0.3 is 6.18 Å². The Kier molecular flexibility index (Phi) is 4.38. The summed E-state index contributed by atoms with van der Waals surface area (Å²) < 4.78 is 36.2. The average Bonchev–Trinajstić information content (AvgIpc) is 1.96. The Hall–Kier alpha value is -0.780. The van der Waals surface area contributed by atoms with Gasteiger partial charge in [-0.05, 0) is 20.8 Å². The van der Waals surface area contributed by atoms with Crippen molar-refractivity contribution < 1.29 is 18.0 Å². The molecule has 0 aromatic rings. The molecular formula is C8H15F3N2O.